The fourth-order valence-corrected chi connectivity index (χ4v) is 2.17. The quantitative estimate of drug-likeness (QED) is 0.826. The van der Waals surface area contributed by atoms with E-state index >= 15 is 0 Å². The van der Waals surface area contributed by atoms with Crippen molar-refractivity contribution in [3.05, 3.63) is 65.2 Å². The topological polar surface area (TPSA) is 24.1 Å². The van der Waals surface area contributed by atoms with Crippen LogP contribution in [0, 0.1) is 18.6 Å². The van der Waals surface area contributed by atoms with Gasteiger partial charge in [-0.15, -0.1) is 0 Å². The lowest BCUT2D eigenvalue weighted by Gasteiger charge is -2.17. The number of aryl methyl sites for hydroxylation is 1. The Kier molecular flexibility index (Phi) is 4.85. The van der Waals surface area contributed by atoms with Crippen LogP contribution in [0.1, 0.15) is 24.1 Å². The summed E-state index contributed by atoms with van der Waals surface area (Å²) < 4.78 is 26.0. The summed E-state index contributed by atoms with van der Waals surface area (Å²) in [4.78, 5) is 0. The van der Waals surface area contributed by atoms with E-state index in [1.807, 2.05) is 38.1 Å². The van der Waals surface area contributed by atoms with Gasteiger partial charge in [-0.1, -0.05) is 29.8 Å². The summed E-state index contributed by atoms with van der Waals surface area (Å²) in [6.45, 7) is 4.00. The molecule has 2 aromatic rings. The molecule has 0 heterocycles. The van der Waals surface area contributed by atoms with Crippen LogP contribution >= 0.6 is 12.2 Å². The van der Waals surface area contributed by atoms with Gasteiger partial charge in [-0.3, -0.25) is 0 Å². The third-order valence-corrected chi connectivity index (χ3v) is 3.32. The molecule has 0 saturated carbocycles. The van der Waals surface area contributed by atoms with Gasteiger partial charge in [-0.05, 0) is 43.8 Å². The maximum absolute atomic E-state index is 13.1. The van der Waals surface area contributed by atoms with Crippen LogP contribution in [0.3, 0.4) is 0 Å². The number of thiocarbonyl (C=S) groups is 1. The summed E-state index contributed by atoms with van der Waals surface area (Å²) in [5.74, 6) is -1.79. The third-order valence-electron chi connectivity index (χ3n) is 3.10. The van der Waals surface area contributed by atoms with Crippen molar-refractivity contribution in [3.8, 4) is 0 Å². The van der Waals surface area contributed by atoms with Crippen LogP contribution in [0.2, 0.25) is 0 Å². The summed E-state index contributed by atoms with van der Waals surface area (Å²) in [7, 11) is 0. The summed E-state index contributed by atoms with van der Waals surface area (Å²) in [6, 6.07) is 11.7. The highest BCUT2D eigenvalue weighted by Crippen LogP contribution is 2.15. The van der Waals surface area contributed by atoms with Crippen molar-refractivity contribution in [2.45, 2.75) is 19.9 Å². The van der Waals surface area contributed by atoms with Crippen LogP contribution in [0.25, 0.3) is 0 Å². The second-order valence-corrected chi connectivity index (χ2v) is 5.27. The molecule has 0 amide bonds. The maximum atomic E-state index is 13.1. The summed E-state index contributed by atoms with van der Waals surface area (Å²) in [6.07, 6.45) is 0. The number of hydrogen-bond donors (Lipinski definition) is 2. The van der Waals surface area contributed by atoms with E-state index in [4.69, 9.17) is 12.2 Å². The molecule has 0 aliphatic carbocycles. The van der Waals surface area contributed by atoms with E-state index in [2.05, 4.69) is 10.6 Å². The molecule has 2 nitrogen and oxygen atoms in total. The lowest BCUT2D eigenvalue weighted by Crippen LogP contribution is -2.30. The number of hydrogen-bond acceptors (Lipinski definition) is 1. The largest absolute Gasteiger partial charge is 0.356 e. The van der Waals surface area contributed by atoms with Crippen LogP contribution in [0.4, 0.5) is 14.5 Å². The Morgan fingerprint density at radius 3 is 2.33 bits per heavy atom. The molecule has 2 rings (SSSR count). The molecule has 2 aromatic carbocycles. The fraction of sp³-hybridized carbons (Fsp3) is 0.188. The average Bonchev–Trinajstić information content (AvgIpc) is 2.43. The summed E-state index contributed by atoms with van der Waals surface area (Å²) in [5, 5.41) is 6.29. The zero-order valence-corrected chi connectivity index (χ0v) is 12.6. The Morgan fingerprint density at radius 1 is 1.05 bits per heavy atom. The van der Waals surface area contributed by atoms with Gasteiger partial charge in [0.05, 0.1) is 6.04 Å². The Bertz CT molecular complexity index is 641. The van der Waals surface area contributed by atoms with Gasteiger partial charge in [-0.25, -0.2) is 8.78 Å². The van der Waals surface area contributed by atoms with Crippen LogP contribution in [0.15, 0.2) is 42.5 Å². The highest BCUT2D eigenvalue weighted by Gasteiger charge is 2.08. The van der Waals surface area contributed by atoms with Gasteiger partial charge < -0.3 is 10.6 Å². The standard InChI is InChI=1S/C16H16F2N2S/c1-10-3-5-12(6-4-10)11(2)19-16(21)20-13-7-8-14(17)15(18)9-13/h3-9,11H,1-2H3,(H2,19,20,21)/t11-/m0/s1. The van der Waals surface area contributed by atoms with Gasteiger partial charge in [0, 0.05) is 11.8 Å². The Labute approximate surface area is 128 Å². The second kappa shape index (κ2) is 6.63. The van der Waals surface area contributed by atoms with Crippen LogP contribution < -0.4 is 10.6 Å². The highest BCUT2D eigenvalue weighted by molar-refractivity contribution is 7.80. The summed E-state index contributed by atoms with van der Waals surface area (Å²) >= 11 is 5.18. The molecule has 0 saturated heterocycles. The van der Waals surface area contributed by atoms with Gasteiger partial charge in [-0.2, -0.15) is 0 Å². The van der Waals surface area contributed by atoms with Crippen molar-refractivity contribution in [1.29, 1.82) is 0 Å². The van der Waals surface area contributed by atoms with Gasteiger partial charge in [0.15, 0.2) is 16.7 Å². The molecule has 0 aromatic heterocycles. The first kappa shape index (κ1) is 15.4. The van der Waals surface area contributed by atoms with E-state index in [9.17, 15) is 8.78 Å². The molecule has 110 valence electrons. The molecule has 21 heavy (non-hydrogen) atoms. The van der Waals surface area contributed by atoms with E-state index in [0.29, 0.717) is 10.8 Å². The molecule has 2 N–H and O–H groups in total. The van der Waals surface area contributed by atoms with Gasteiger partial charge >= 0.3 is 0 Å². The number of nitrogens with one attached hydrogen (secondary N) is 2. The Balaban J connectivity index is 1.97. The first-order valence-electron chi connectivity index (χ1n) is 6.55. The Morgan fingerprint density at radius 2 is 1.71 bits per heavy atom. The maximum Gasteiger partial charge on any atom is 0.171 e. The highest BCUT2D eigenvalue weighted by atomic mass is 32.1. The second-order valence-electron chi connectivity index (χ2n) is 4.86. The summed E-state index contributed by atoms with van der Waals surface area (Å²) in [5.41, 5.74) is 2.69. The molecule has 0 aliphatic rings. The van der Waals surface area contributed by atoms with Crippen molar-refractivity contribution < 1.29 is 8.78 Å². The zero-order chi connectivity index (χ0) is 15.4. The average molecular weight is 306 g/mol. The zero-order valence-electron chi connectivity index (χ0n) is 11.8. The third kappa shape index (κ3) is 4.23. The normalized spacial score (nSPS) is 11.8. The minimum atomic E-state index is -0.908. The molecule has 0 bridgehead atoms. The molecule has 0 fully saturated rings. The minimum absolute atomic E-state index is 0.0101. The molecule has 0 unspecified atom stereocenters. The van der Waals surface area contributed by atoms with Gasteiger partial charge in [0.1, 0.15) is 0 Å². The van der Waals surface area contributed by atoms with Crippen molar-refractivity contribution in [2.24, 2.45) is 0 Å². The first-order chi connectivity index (χ1) is 9.95. The van der Waals surface area contributed by atoms with E-state index in [-0.39, 0.29) is 6.04 Å². The van der Waals surface area contributed by atoms with E-state index in [1.165, 1.54) is 11.6 Å². The smallest absolute Gasteiger partial charge is 0.171 e. The number of anilines is 1. The molecule has 0 radical (unpaired) electrons. The Hall–Kier alpha value is -2.01. The molecule has 0 spiro atoms. The van der Waals surface area contributed by atoms with Gasteiger partial charge in [0.25, 0.3) is 0 Å². The van der Waals surface area contributed by atoms with Gasteiger partial charge in [0.2, 0.25) is 0 Å². The van der Waals surface area contributed by atoms with E-state index in [0.717, 1.165) is 17.7 Å². The van der Waals surface area contributed by atoms with Crippen molar-refractivity contribution in [1.82, 2.24) is 5.32 Å². The monoisotopic (exact) mass is 306 g/mol. The minimum Gasteiger partial charge on any atom is -0.356 e. The predicted molar refractivity (Wildman–Crippen MR) is 85.3 cm³/mol. The van der Waals surface area contributed by atoms with E-state index < -0.39 is 11.6 Å². The van der Waals surface area contributed by atoms with Crippen LogP contribution in [-0.4, -0.2) is 5.11 Å². The number of rotatable bonds is 3. The molecule has 5 heteroatoms. The van der Waals surface area contributed by atoms with Crippen molar-refractivity contribution >= 4 is 23.0 Å². The first-order valence-corrected chi connectivity index (χ1v) is 6.95. The molecule has 0 aliphatic heterocycles. The van der Waals surface area contributed by atoms with Crippen LogP contribution in [-0.2, 0) is 0 Å². The lowest BCUT2D eigenvalue weighted by atomic mass is 10.1. The number of benzene rings is 2. The molecular formula is C16H16F2N2S. The van der Waals surface area contributed by atoms with E-state index in [1.54, 1.807) is 0 Å². The molecular weight excluding hydrogens is 290 g/mol. The lowest BCUT2D eigenvalue weighted by molar-refractivity contribution is 0.509. The van der Waals surface area contributed by atoms with Crippen LogP contribution in [0.5, 0.6) is 0 Å². The van der Waals surface area contributed by atoms with Crippen molar-refractivity contribution in [2.75, 3.05) is 5.32 Å². The predicted octanol–water partition coefficient (Wildman–Crippen LogP) is 4.32. The fourth-order valence-electron chi connectivity index (χ4n) is 1.88. The number of halogens is 2. The van der Waals surface area contributed by atoms with Crippen molar-refractivity contribution in [3.63, 3.8) is 0 Å². The SMILES string of the molecule is Cc1ccc([C@H](C)NC(=S)Nc2ccc(F)c(F)c2)cc1. The molecule has 1 atom stereocenters.